The molecule has 0 heterocycles. The van der Waals surface area contributed by atoms with E-state index < -0.39 is 27.6 Å². The summed E-state index contributed by atoms with van der Waals surface area (Å²) in [5.41, 5.74) is 0.388. The van der Waals surface area contributed by atoms with Crippen molar-refractivity contribution in [2.24, 2.45) is 0 Å². The average molecular weight is 411 g/mol. The molecule has 150 valence electrons. The summed E-state index contributed by atoms with van der Waals surface area (Å²) in [7, 11) is -2.21. The predicted octanol–water partition coefficient (Wildman–Crippen LogP) is 1.31. The van der Waals surface area contributed by atoms with E-state index in [1.165, 1.54) is 19.2 Å². The Morgan fingerprint density at radius 3 is 2.29 bits per heavy atom. The minimum absolute atomic E-state index is 0.0270. The molecule has 2 amide bonds. The van der Waals surface area contributed by atoms with E-state index in [1.807, 2.05) is 0 Å². The van der Waals surface area contributed by atoms with Crippen LogP contribution < -0.4 is 15.4 Å². The van der Waals surface area contributed by atoms with Gasteiger partial charge in [-0.05, 0) is 36.9 Å². The predicted molar refractivity (Wildman–Crippen MR) is 97.8 cm³/mol. The van der Waals surface area contributed by atoms with Gasteiger partial charge in [0.2, 0.25) is 15.9 Å². The van der Waals surface area contributed by atoms with Crippen LogP contribution >= 0.6 is 0 Å². The molecule has 0 radical (unpaired) electrons. The molecule has 0 aliphatic carbocycles. The smallest absolute Gasteiger partial charge is 0.254 e. The zero-order valence-electron chi connectivity index (χ0n) is 15.0. The van der Waals surface area contributed by atoms with E-state index in [0.717, 1.165) is 12.1 Å². The number of hydrogen-bond donors (Lipinski definition) is 3. The number of hydrogen-bond acceptors (Lipinski definition) is 4. The Morgan fingerprint density at radius 2 is 1.68 bits per heavy atom. The third-order valence-electron chi connectivity index (χ3n) is 3.81. The number of rotatable bonds is 8. The summed E-state index contributed by atoms with van der Waals surface area (Å²) in [5.74, 6) is -2.87. The van der Waals surface area contributed by atoms with Crippen LogP contribution in [0.5, 0.6) is 0 Å². The second kappa shape index (κ2) is 9.38. The average Bonchev–Trinajstić information content (AvgIpc) is 2.66. The summed E-state index contributed by atoms with van der Waals surface area (Å²) in [6, 6.07) is 8.59. The van der Waals surface area contributed by atoms with Gasteiger partial charge in [-0.2, -0.15) is 0 Å². The third kappa shape index (κ3) is 5.83. The molecule has 0 aliphatic rings. The third-order valence-corrected chi connectivity index (χ3v) is 5.24. The summed E-state index contributed by atoms with van der Waals surface area (Å²) in [6.45, 7) is 0.153. The lowest BCUT2D eigenvalue weighted by molar-refractivity contribution is -0.121. The molecular formula is C18H19F2N3O4S. The zero-order chi connectivity index (χ0) is 20.7. The maximum absolute atomic E-state index is 13.5. The molecule has 2 aromatic rings. The van der Waals surface area contributed by atoms with Gasteiger partial charge in [0.1, 0.15) is 11.6 Å². The quantitative estimate of drug-likeness (QED) is 0.609. The van der Waals surface area contributed by atoms with Crippen molar-refractivity contribution in [3.8, 4) is 0 Å². The molecule has 7 nitrogen and oxygen atoms in total. The second-order valence-electron chi connectivity index (χ2n) is 5.76. The first-order chi connectivity index (χ1) is 13.2. The number of sulfonamides is 1. The van der Waals surface area contributed by atoms with Crippen LogP contribution in [0.4, 0.5) is 8.78 Å². The van der Waals surface area contributed by atoms with Crippen LogP contribution in [0.15, 0.2) is 47.4 Å². The van der Waals surface area contributed by atoms with Gasteiger partial charge in [-0.1, -0.05) is 12.1 Å². The summed E-state index contributed by atoms with van der Waals surface area (Å²) in [6.07, 6.45) is -0.0409. The molecule has 3 N–H and O–H groups in total. The first-order valence-electron chi connectivity index (χ1n) is 8.25. The molecule has 0 aliphatic heterocycles. The second-order valence-corrected chi connectivity index (χ2v) is 7.64. The Labute approximate surface area is 161 Å². The maximum Gasteiger partial charge on any atom is 0.254 e. The SMILES string of the molecule is CNS(=O)(=O)c1ccc(CNC(=O)CCNC(=O)c2ccc(F)cc2F)cc1. The number of carbonyl (C=O) groups excluding carboxylic acids is 2. The summed E-state index contributed by atoms with van der Waals surface area (Å²) < 4.78 is 51.8. The lowest BCUT2D eigenvalue weighted by Gasteiger charge is -2.08. The van der Waals surface area contributed by atoms with Crippen molar-refractivity contribution in [1.29, 1.82) is 0 Å². The van der Waals surface area contributed by atoms with Crippen molar-refractivity contribution >= 4 is 21.8 Å². The summed E-state index contributed by atoms with van der Waals surface area (Å²) in [4.78, 5) is 23.8. The molecule has 0 saturated heterocycles. The van der Waals surface area contributed by atoms with Gasteiger partial charge in [0.15, 0.2) is 0 Å². The fourth-order valence-electron chi connectivity index (χ4n) is 2.25. The van der Waals surface area contributed by atoms with E-state index >= 15 is 0 Å². The highest BCUT2D eigenvalue weighted by atomic mass is 32.2. The van der Waals surface area contributed by atoms with Gasteiger partial charge < -0.3 is 10.6 Å². The monoisotopic (exact) mass is 411 g/mol. The van der Waals surface area contributed by atoms with E-state index in [1.54, 1.807) is 12.1 Å². The highest BCUT2D eigenvalue weighted by Gasteiger charge is 2.13. The Balaban J connectivity index is 1.78. The van der Waals surface area contributed by atoms with Crippen LogP contribution in [-0.4, -0.2) is 33.8 Å². The van der Waals surface area contributed by atoms with Gasteiger partial charge in [0.05, 0.1) is 10.5 Å². The standard InChI is InChI=1S/C18H19F2N3O4S/c1-21-28(26,27)14-5-2-12(3-6-14)11-23-17(24)8-9-22-18(25)15-7-4-13(19)10-16(15)20/h2-7,10,21H,8-9,11H2,1H3,(H,22,25)(H,23,24). The Bertz CT molecular complexity index is 963. The Morgan fingerprint density at radius 1 is 1.00 bits per heavy atom. The lowest BCUT2D eigenvalue weighted by Crippen LogP contribution is -2.31. The molecule has 2 rings (SSSR count). The number of carbonyl (C=O) groups is 2. The van der Waals surface area contributed by atoms with Crippen molar-refractivity contribution in [2.45, 2.75) is 17.9 Å². The van der Waals surface area contributed by atoms with Crippen LogP contribution in [-0.2, 0) is 21.4 Å². The van der Waals surface area contributed by atoms with Crippen molar-refractivity contribution < 1.29 is 26.8 Å². The molecule has 0 aromatic heterocycles. The molecule has 0 spiro atoms. The van der Waals surface area contributed by atoms with Crippen molar-refractivity contribution in [1.82, 2.24) is 15.4 Å². The topological polar surface area (TPSA) is 104 Å². The minimum Gasteiger partial charge on any atom is -0.352 e. The van der Waals surface area contributed by atoms with Crippen molar-refractivity contribution in [3.63, 3.8) is 0 Å². The lowest BCUT2D eigenvalue weighted by atomic mass is 10.2. The number of amides is 2. The summed E-state index contributed by atoms with van der Waals surface area (Å²) in [5, 5.41) is 5.01. The van der Waals surface area contributed by atoms with Gasteiger partial charge in [-0.25, -0.2) is 21.9 Å². The van der Waals surface area contributed by atoms with E-state index in [2.05, 4.69) is 15.4 Å². The molecule has 0 fully saturated rings. The highest BCUT2D eigenvalue weighted by molar-refractivity contribution is 7.89. The maximum atomic E-state index is 13.5. The number of benzene rings is 2. The fraction of sp³-hybridized carbons (Fsp3) is 0.222. The molecule has 28 heavy (non-hydrogen) atoms. The van der Waals surface area contributed by atoms with E-state index in [-0.39, 0.29) is 35.9 Å². The van der Waals surface area contributed by atoms with Crippen LogP contribution in [0, 0.1) is 11.6 Å². The van der Waals surface area contributed by atoms with Gasteiger partial charge in [0.25, 0.3) is 5.91 Å². The van der Waals surface area contributed by atoms with Gasteiger partial charge in [-0.15, -0.1) is 0 Å². The zero-order valence-corrected chi connectivity index (χ0v) is 15.8. The highest BCUT2D eigenvalue weighted by Crippen LogP contribution is 2.10. The van der Waals surface area contributed by atoms with Gasteiger partial charge in [-0.3, -0.25) is 9.59 Å². The molecule has 10 heteroatoms. The normalized spacial score (nSPS) is 11.1. The molecule has 0 saturated carbocycles. The molecule has 2 aromatic carbocycles. The Hall–Kier alpha value is -2.85. The van der Waals surface area contributed by atoms with Crippen LogP contribution in [0.1, 0.15) is 22.3 Å². The van der Waals surface area contributed by atoms with Crippen LogP contribution in [0.3, 0.4) is 0 Å². The molecule has 0 unspecified atom stereocenters. The van der Waals surface area contributed by atoms with Crippen LogP contribution in [0.2, 0.25) is 0 Å². The number of halogens is 2. The van der Waals surface area contributed by atoms with E-state index in [0.29, 0.717) is 11.6 Å². The number of nitrogens with one attached hydrogen (secondary N) is 3. The molecule has 0 atom stereocenters. The van der Waals surface area contributed by atoms with Crippen LogP contribution in [0.25, 0.3) is 0 Å². The van der Waals surface area contributed by atoms with Crippen molar-refractivity contribution in [3.05, 3.63) is 65.2 Å². The van der Waals surface area contributed by atoms with Crippen molar-refractivity contribution in [2.75, 3.05) is 13.6 Å². The van der Waals surface area contributed by atoms with E-state index in [4.69, 9.17) is 0 Å². The van der Waals surface area contributed by atoms with E-state index in [9.17, 15) is 26.8 Å². The first-order valence-corrected chi connectivity index (χ1v) is 9.73. The largest absolute Gasteiger partial charge is 0.352 e. The fourth-order valence-corrected chi connectivity index (χ4v) is 2.98. The molecular weight excluding hydrogens is 392 g/mol. The Kier molecular flexibility index (Phi) is 7.18. The van der Waals surface area contributed by atoms with Gasteiger partial charge >= 0.3 is 0 Å². The minimum atomic E-state index is -3.52. The molecule has 0 bridgehead atoms. The summed E-state index contributed by atoms with van der Waals surface area (Å²) >= 11 is 0. The van der Waals surface area contributed by atoms with Gasteiger partial charge in [0, 0.05) is 25.6 Å². The first kappa shape index (κ1) is 21.5.